The first-order valence-electron chi connectivity index (χ1n) is 6.64. The van der Waals surface area contributed by atoms with E-state index in [-0.39, 0.29) is 16.4 Å². The van der Waals surface area contributed by atoms with Crippen molar-refractivity contribution in [3.8, 4) is 5.69 Å². The van der Waals surface area contributed by atoms with Gasteiger partial charge in [-0.1, -0.05) is 23.8 Å². The van der Waals surface area contributed by atoms with Gasteiger partial charge >= 0.3 is 6.18 Å². The van der Waals surface area contributed by atoms with Crippen molar-refractivity contribution >= 4 is 22.5 Å². The van der Waals surface area contributed by atoms with E-state index in [1.807, 2.05) is 0 Å². The normalized spacial score (nSPS) is 11.9. The van der Waals surface area contributed by atoms with Crippen molar-refractivity contribution < 1.29 is 13.2 Å². The molecule has 0 saturated carbocycles. The van der Waals surface area contributed by atoms with Crippen molar-refractivity contribution in [1.29, 1.82) is 0 Å². The maximum atomic E-state index is 13.2. The molecule has 3 aromatic rings. The van der Waals surface area contributed by atoms with Crippen LogP contribution in [0, 0.1) is 6.92 Å². The summed E-state index contributed by atoms with van der Waals surface area (Å²) in [5, 5.41) is -0.102. The van der Waals surface area contributed by atoms with Crippen LogP contribution in [0.25, 0.3) is 16.6 Å². The van der Waals surface area contributed by atoms with Crippen LogP contribution in [0.15, 0.2) is 47.3 Å². The molecule has 2 aromatic carbocycles. The van der Waals surface area contributed by atoms with Gasteiger partial charge in [-0.3, -0.25) is 9.36 Å². The van der Waals surface area contributed by atoms with Crippen molar-refractivity contribution in [2.45, 2.75) is 13.1 Å². The summed E-state index contributed by atoms with van der Waals surface area (Å²) in [5.74, 6) is 0. The van der Waals surface area contributed by atoms with Crippen molar-refractivity contribution in [3.05, 3.63) is 69.2 Å². The number of halogens is 4. The minimum atomic E-state index is -4.61. The van der Waals surface area contributed by atoms with Crippen LogP contribution >= 0.6 is 11.6 Å². The van der Waals surface area contributed by atoms with E-state index < -0.39 is 17.3 Å². The first-order valence-corrected chi connectivity index (χ1v) is 7.02. The van der Waals surface area contributed by atoms with E-state index >= 15 is 0 Å². The van der Waals surface area contributed by atoms with Gasteiger partial charge in [0.25, 0.3) is 5.56 Å². The van der Waals surface area contributed by atoms with E-state index in [9.17, 15) is 18.0 Å². The number of benzene rings is 2. The Morgan fingerprint density at radius 3 is 2.52 bits per heavy atom. The zero-order valence-corrected chi connectivity index (χ0v) is 12.6. The lowest BCUT2D eigenvalue weighted by atomic mass is 10.1. The molecule has 1 heterocycles. The zero-order valence-electron chi connectivity index (χ0n) is 11.9. The Labute approximate surface area is 134 Å². The maximum absolute atomic E-state index is 13.2. The first-order chi connectivity index (χ1) is 10.8. The summed E-state index contributed by atoms with van der Waals surface area (Å²) in [6.07, 6.45) is -4.61. The maximum Gasteiger partial charge on any atom is 0.418 e. The van der Waals surface area contributed by atoms with E-state index in [2.05, 4.69) is 4.98 Å². The van der Waals surface area contributed by atoms with Gasteiger partial charge in [0.2, 0.25) is 5.28 Å². The number of fused-ring (bicyclic) bond motifs is 1. The number of nitrogens with zero attached hydrogens (tertiary/aromatic N) is 2. The predicted molar refractivity (Wildman–Crippen MR) is 82.1 cm³/mol. The fraction of sp³-hybridized carbons (Fsp3) is 0.125. The standard InChI is InChI=1S/C16H10ClF3N2O/c1-9-6-7-12-10(8-9)14(23)22(15(17)21-12)13-5-3-2-4-11(13)16(18,19)20/h2-8H,1H3. The summed E-state index contributed by atoms with van der Waals surface area (Å²) in [6.45, 7) is 1.78. The van der Waals surface area contributed by atoms with Crippen LogP contribution in [0.2, 0.25) is 5.28 Å². The molecule has 0 N–H and O–H groups in total. The molecule has 0 aliphatic heterocycles. The SMILES string of the molecule is Cc1ccc2nc(Cl)n(-c3ccccc3C(F)(F)F)c(=O)c2c1. The molecule has 3 nitrogen and oxygen atoms in total. The monoisotopic (exact) mass is 338 g/mol. The molecule has 0 amide bonds. The van der Waals surface area contributed by atoms with Gasteiger partial charge < -0.3 is 0 Å². The second-order valence-corrected chi connectivity index (χ2v) is 5.39. The largest absolute Gasteiger partial charge is 0.418 e. The number of hydrogen-bond donors (Lipinski definition) is 0. The molecule has 0 saturated heterocycles. The Hall–Kier alpha value is -2.34. The third-order valence-corrected chi connectivity index (χ3v) is 3.69. The van der Waals surface area contributed by atoms with E-state index in [1.165, 1.54) is 18.2 Å². The Morgan fingerprint density at radius 1 is 1.13 bits per heavy atom. The molecule has 0 spiro atoms. The highest BCUT2D eigenvalue weighted by Gasteiger charge is 2.34. The Kier molecular flexibility index (Phi) is 3.64. The molecule has 1 aromatic heterocycles. The summed E-state index contributed by atoms with van der Waals surface area (Å²) < 4.78 is 40.4. The summed E-state index contributed by atoms with van der Waals surface area (Å²) in [7, 11) is 0. The number of para-hydroxylation sites is 1. The van der Waals surface area contributed by atoms with Gasteiger partial charge in [-0.15, -0.1) is 0 Å². The molecular formula is C16H10ClF3N2O. The summed E-state index contributed by atoms with van der Waals surface area (Å²) in [4.78, 5) is 16.7. The lowest BCUT2D eigenvalue weighted by Gasteiger charge is -2.15. The van der Waals surface area contributed by atoms with Crippen molar-refractivity contribution in [2.24, 2.45) is 0 Å². The molecule has 0 fully saturated rings. The van der Waals surface area contributed by atoms with Crippen LogP contribution in [-0.2, 0) is 6.18 Å². The topological polar surface area (TPSA) is 34.9 Å². The van der Waals surface area contributed by atoms with Crippen LogP contribution < -0.4 is 5.56 Å². The number of aryl methyl sites for hydroxylation is 1. The predicted octanol–water partition coefficient (Wildman–Crippen LogP) is 4.37. The lowest BCUT2D eigenvalue weighted by molar-refractivity contribution is -0.137. The smallest absolute Gasteiger partial charge is 0.268 e. The van der Waals surface area contributed by atoms with Gasteiger partial charge in [-0.25, -0.2) is 4.98 Å². The van der Waals surface area contributed by atoms with E-state index in [1.54, 1.807) is 25.1 Å². The molecule has 118 valence electrons. The highest BCUT2D eigenvalue weighted by molar-refractivity contribution is 6.29. The summed E-state index contributed by atoms with van der Waals surface area (Å²) >= 11 is 5.99. The van der Waals surface area contributed by atoms with Crippen molar-refractivity contribution in [1.82, 2.24) is 9.55 Å². The van der Waals surface area contributed by atoms with Crippen LogP contribution in [-0.4, -0.2) is 9.55 Å². The summed E-state index contributed by atoms with van der Waals surface area (Å²) in [5.41, 5.74) is -0.787. The van der Waals surface area contributed by atoms with Crippen LogP contribution in [0.3, 0.4) is 0 Å². The number of hydrogen-bond acceptors (Lipinski definition) is 2. The highest BCUT2D eigenvalue weighted by Crippen LogP contribution is 2.34. The second-order valence-electron chi connectivity index (χ2n) is 5.06. The van der Waals surface area contributed by atoms with Gasteiger partial charge in [0, 0.05) is 0 Å². The molecule has 0 atom stereocenters. The van der Waals surface area contributed by atoms with Gasteiger partial charge in [0.15, 0.2) is 0 Å². The average Bonchev–Trinajstić information content (AvgIpc) is 2.48. The van der Waals surface area contributed by atoms with Crippen molar-refractivity contribution in [2.75, 3.05) is 0 Å². The molecule has 7 heteroatoms. The number of alkyl halides is 3. The Bertz CT molecular complexity index is 964. The minimum Gasteiger partial charge on any atom is -0.268 e. The molecule has 3 rings (SSSR count). The van der Waals surface area contributed by atoms with Gasteiger partial charge in [-0.05, 0) is 42.8 Å². The second kappa shape index (κ2) is 5.38. The first kappa shape index (κ1) is 15.6. The van der Waals surface area contributed by atoms with E-state index in [0.717, 1.165) is 16.2 Å². The molecule has 0 aliphatic rings. The summed E-state index contributed by atoms with van der Waals surface area (Å²) in [6, 6.07) is 9.69. The fourth-order valence-electron chi connectivity index (χ4n) is 2.39. The molecule has 23 heavy (non-hydrogen) atoms. The zero-order chi connectivity index (χ0) is 16.8. The van der Waals surface area contributed by atoms with Gasteiger partial charge in [0.1, 0.15) is 0 Å². The van der Waals surface area contributed by atoms with Crippen LogP contribution in [0.5, 0.6) is 0 Å². The molecule has 0 radical (unpaired) electrons. The van der Waals surface area contributed by atoms with E-state index in [4.69, 9.17) is 11.6 Å². The number of rotatable bonds is 1. The molecule has 0 aliphatic carbocycles. The minimum absolute atomic E-state index is 0.214. The molecular weight excluding hydrogens is 329 g/mol. The van der Waals surface area contributed by atoms with Gasteiger partial charge in [-0.2, -0.15) is 13.2 Å². The highest BCUT2D eigenvalue weighted by atomic mass is 35.5. The third-order valence-electron chi connectivity index (χ3n) is 3.43. The fourth-order valence-corrected chi connectivity index (χ4v) is 2.65. The van der Waals surface area contributed by atoms with Crippen LogP contribution in [0.1, 0.15) is 11.1 Å². The Morgan fingerprint density at radius 2 is 1.83 bits per heavy atom. The Balaban J connectivity index is 2.41. The molecule has 0 unspecified atom stereocenters. The van der Waals surface area contributed by atoms with Gasteiger partial charge in [0.05, 0.1) is 22.2 Å². The van der Waals surface area contributed by atoms with E-state index in [0.29, 0.717) is 5.52 Å². The average molecular weight is 339 g/mol. The third kappa shape index (κ3) is 2.70. The van der Waals surface area contributed by atoms with Crippen LogP contribution in [0.4, 0.5) is 13.2 Å². The quantitative estimate of drug-likeness (QED) is 0.618. The van der Waals surface area contributed by atoms with Crippen molar-refractivity contribution in [3.63, 3.8) is 0 Å². The number of aromatic nitrogens is 2. The lowest BCUT2D eigenvalue weighted by Crippen LogP contribution is -2.23. The molecule has 0 bridgehead atoms.